The second-order valence-corrected chi connectivity index (χ2v) is 12.1. The summed E-state index contributed by atoms with van der Waals surface area (Å²) in [5.41, 5.74) is 6.31. The lowest BCUT2D eigenvalue weighted by molar-refractivity contribution is 0.669. The van der Waals surface area contributed by atoms with E-state index < -0.39 is 0 Å². The molecule has 0 aliphatic rings. The van der Waals surface area contributed by atoms with Crippen molar-refractivity contribution in [3.63, 3.8) is 0 Å². The summed E-state index contributed by atoms with van der Waals surface area (Å²) < 4.78 is 9.21. The highest BCUT2D eigenvalue weighted by molar-refractivity contribution is 7.27. The number of benzene rings is 7. The summed E-state index contributed by atoms with van der Waals surface area (Å²) >= 11 is 1.89. The van der Waals surface area contributed by atoms with E-state index in [9.17, 15) is 0 Å². The van der Waals surface area contributed by atoms with Gasteiger partial charge in [0.1, 0.15) is 5.58 Å². The molecule has 2 nitrogen and oxygen atoms in total. The summed E-state index contributed by atoms with van der Waals surface area (Å²) in [6.07, 6.45) is 0. The molecule has 0 saturated heterocycles. The Bertz CT molecular complexity index is 2480. The number of thiophene rings is 1. The molecule has 0 aliphatic carbocycles. The van der Waals surface area contributed by atoms with Crippen molar-refractivity contribution in [2.24, 2.45) is 0 Å². The molecule has 0 amide bonds. The van der Waals surface area contributed by atoms with Crippen LogP contribution in [-0.2, 0) is 0 Å². The van der Waals surface area contributed by atoms with Gasteiger partial charge in [-0.15, -0.1) is 11.3 Å². The highest BCUT2D eigenvalue weighted by atomic mass is 32.1. The van der Waals surface area contributed by atoms with E-state index >= 15 is 0 Å². The number of rotatable bonds is 3. The first-order valence-electron chi connectivity index (χ1n) is 14.3. The van der Waals surface area contributed by atoms with Crippen LogP contribution in [0.1, 0.15) is 5.56 Å². The second-order valence-electron chi connectivity index (χ2n) is 11.0. The van der Waals surface area contributed by atoms with Crippen LogP contribution in [0.2, 0.25) is 0 Å². The van der Waals surface area contributed by atoms with Crippen molar-refractivity contribution >= 4 is 92.1 Å². The van der Waals surface area contributed by atoms with Crippen LogP contribution in [0, 0.1) is 6.92 Å². The number of nitrogens with zero attached hydrogens (tertiary/aromatic N) is 1. The quantitative estimate of drug-likeness (QED) is 0.216. The Balaban J connectivity index is 1.41. The minimum Gasteiger partial charge on any atom is -0.454 e. The number of hydrogen-bond acceptors (Lipinski definition) is 3. The van der Waals surface area contributed by atoms with Gasteiger partial charge in [0.05, 0.1) is 11.4 Å². The average Bonchev–Trinajstić information content (AvgIpc) is 3.61. The lowest BCUT2D eigenvalue weighted by Crippen LogP contribution is -2.11. The number of aryl methyl sites for hydroxylation is 1. The fourth-order valence-corrected chi connectivity index (χ4v) is 7.83. The topological polar surface area (TPSA) is 16.4 Å². The molecule has 198 valence electrons. The van der Waals surface area contributed by atoms with Gasteiger partial charge in [-0.2, -0.15) is 0 Å². The Kier molecular flexibility index (Phi) is 5.02. The lowest BCUT2D eigenvalue weighted by atomic mass is 9.99. The van der Waals surface area contributed by atoms with E-state index in [1.165, 1.54) is 47.3 Å². The van der Waals surface area contributed by atoms with E-state index in [4.69, 9.17) is 4.42 Å². The zero-order valence-corrected chi connectivity index (χ0v) is 23.8. The summed E-state index contributed by atoms with van der Waals surface area (Å²) in [6, 6.07) is 48.1. The van der Waals surface area contributed by atoms with E-state index in [2.05, 4.69) is 139 Å². The van der Waals surface area contributed by atoms with Crippen LogP contribution in [-0.4, -0.2) is 0 Å². The second kappa shape index (κ2) is 8.94. The molecule has 9 rings (SSSR count). The van der Waals surface area contributed by atoms with Crippen LogP contribution < -0.4 is 4.90 Å². The van der Waals surface area contributed by atoms with Crippen molar-refractivity contribution < 1.29 is 4.42 Å². The van der Waals surface area contributed by atoms with Crippen LogP contribution >= 0.6 is 11.3 Å². The molecule has 0 fully saturated rings. The van der Waals surface area contributed by atoms with Crippen LogP contribution in [0.3, 0.4) is 0 Å². The Labute approximate surface area is 246 Å². The Morgan fingerprint density at radius 2 is 1.26 bits per heavy atom. The molecule has 0 radical (unpaired) electrons. The molecule has 9 aromatic rings. The molecular weight excluding hydrogens is 531 g/mol. The van der Waals surface area contributed by atoms with Crippen LogP contribution in [0.4, 0.5) is 17.1 Å². The molecular formula is C39H25NOS. The number of anilines is 3. The molecule has 0 saturated carbocycles. The molecule has 0 unspecified atom stereocenters. The van der Waals surface area contributed by atoms with Gasteiger partial charge in [-0.25, -0.2) is 0 Å². The normalized spacial score (nSPS) is 11.9. The van der Waals surface area contributed by atoms with Gasteiger partial charge in [-0.05, 0) is 53.4 Å². The van der Waals surface area contributed by atoms with Gasteiger partial charge in [0.25, 0.3) is 0 Å². The molecule has 2 aromatic heterocycles. The van der Waals surface area contributed by atoms with Crippen LogP contribution in [0.15, 0.2) is 138 Å². The highest BCUT2D eigenvalue weighted by Gasteiger charge is 2.23. The van der Waals surface area contributed by atoms with Crippen LogP contribution in [0.5, 0.6) is 0 Å². The fraction of sp³-hybridized carbons (Fsp3) is 0.0256. The summed E-state index contributed by atoms with van der Waals surface area (Å²) in [4.78, 5) is 2.38. The van der Waals surface area contributed by atoms with Crippen molar-refractivity contribution in [3.05, 3.63) is 139 Å². The molecule has 0 atom stereocenters. The monoisotopic (exact) mass is 555 g/mol. The minimum absolute atomic E-state index is 0.894. The van der Waals surface area contributed by atoms with Crippen molar-refractivity contribution in [2.45, 2.75) is 6.92 Å². The Morgan fingerprint density at radius 1 is 0.548 bits per heavy atom. The van der Waals surface area contributed by atoms with Gasteiger partial charge in [0, 0.05) is 42.0 Å². The standard InChI is InChI=1S/C39H25NOS/c1-24-17-20-26(21-18-24)40(33-15-8-14-31-29-12-6-7-16-35(29)41-38(31)33)34-23-36-37(30-13-5-4-11-28(30)34)32-22-19-25-9-2-3-10-27(25)39(32)42-36/h2-23H,1H3. The van der Waals surface area contributed by atoms with E-state index in [0.29, 0.717) is 0 Å². The van der Waals surface area contributed by atoms with E-state index in [1.807, 2.05) is 17.4 Å². The van der Waals surface area contributed by atoms with E-state index in [1.54, 1.807) is 0 Å². The van der Waals surface area contributed by atoms with Crippen molar-refractivity contribution in [2.75, 3.05) is 4.90 Å². The Hall–Kier alpha value is -5.12. The minimum atomic E-state index is 0.894. The van der Waals surface area contributed by atoms with E-state index in [0.717, 1.165) is 39.0 Å². The predicted molar refractivity (Wildman–Crippen MR) is 181 cm³/mol. The zero-order valence-electron chi connectivity index (χ0n) is 23.0. The smallest absolute Gasteiger partial charge is 0.159 e. The van der Waals surface area contributed by atoms with Crippen molar-refractivity contribution in [3.8, 4) is 0 Å². The summed E-state index contributed by atoms with van der Waals surface area (Å²) in [7, 11) is 0. The first-order valence-corrected chi connectivity index (χ1v) is 15.1. The first-order chi connectivity index (χ1) is 20.7. The first kappa shape index (κ1) is 23.6. The maximum Gasteiger partial charge on any atom is 0.159 e. The van der Waals surface area contributed by atoms with Gasteiger partial charge >= 0.3 is 0 Å². The molecule has 3 heteroatoms. The SMILES string of the molecule is Cc1ccc(N(c2cc3sc4c5ccccc5ccc4c3c3ccccc23)c2cccc3c2oc2ccccc23)cc1. The van der Waals surface area contributed by atoms with Gasteiger partial charge < -0.3 is 9.32 Å². The van der Waals surface area contributed by atoms with Gasteiger partial charge in [-0.3, -0.25) is 0 Å². The molecule has 0 N–H and O–H groups in total. The number of hydrogen-bond donors (Lipinski definition) is 0. The molecule has 0 aliphatic heterocycles. The maximum atomic E-state index is 6.59. The van der Waals surface area contributed by atoms with Crippen molar-refractivity contribution in [1.29, 1.82) is 0 Å². The summed E-state index contributed by atoms with van der Waals surface area (Å²) in [5, 5.41) is 9.97. The number of para-hydroxylation sites is 2. The third-order valence-electron chi connectivity index (χ3n) is 8.51. The number of fused-ring (bicyclic) bond motifs is 10. The lowest BCUT2D eigenvalue weighted by Gasteiger charge is -2.27. The van der Waals surface area contributed by atoms with Crippen molar-refractivity contribution in [1.82, 2.24) is 0 Å². The van der Waals surface area contributed by atoms with E-state index in [-0.39, 0.29) is 0 Å². The Morgan fingerprint density at radius 3 is 2.12 bits per heavy atom. The number of furan rings is 1. The maximum absolute atomic E-state index is 6.59. The van der Waals surface area contributed by atoms with Gasteiger partial charge in [0.15, 0.2) is 5.58 Å². The zero-order chi connectivity index (χ0) is 27.8. The molecule has 7 aromatic carbocycles. The average molecular weight is 556 g/mol. The van der Waals surface area contributed by atoms with Crippen LogP contribution in [0.25, 0.3) is 63.7 Å². The third kappa shape index (κ3) is 3.38. The summed E-state index contributed by atoms with van der Waals surface area (Å²) in [6.45, 7) is 2.14. The predicted octanol–water partition coefficient (Wildman–Crippen LogP) is 12.0. The largest absolute Gasteiger partial charge is 0.454 e. The molecule has 0 spiro atoms. The fourth-order valence-electron chi connectivity index (χ4n) is 6.54. The summed E-state index contributed by atoms with van der Waals surface area (Å²) in [5.74, 6) is 0. The van der Waals surface area contributed by atoms with Gasteiger partial charge in [-0.1, -0.05) is 109 Å². The molecule has 0 bridgehead atoms. The third-order valence-corrected chi connectivity index (χ3v) is 9.69. The highest BCUT2D eigenvalue weighted by Crippen LogP contribution is 2.49. The molecule has 42 heavy (non-hydrogen) atoms. The van der Waals surface area contributed by atoms with Gasteiger partial charge in [0.2, 0.25) is 0 Å². The molecule has 2 heterocycles.